The van der Waals surface area contributed by atoms with Crippen molar-refractivity contribution in [2.24, 2.45) is 5.73 Å². The summed E-state index contributed by atoms with van der Waals surface area (Å²) in [4.78, 5) is 43.9. The summed E-state index contributed by atoms with van der Waals surface area (Å²) >= 11 is 0. The van der Waals surface area contributed by atoms with Crippen molar-refractivity contribution in [3.63, 3.8) is 0 Å². The van der Waals surface area contributed by atoms with Crippen molar-refractivity contribution >= 4 is 23.7 Å². The Morgan fingerprint density at radius 1 is 1.18 bits per heavy atom. The van der Waals surface area contributed by atoms with E-state index in [1.54, 1.807) is 0 Å². The van der Waals surface area contributed by atoms with Gasteiger partial charge in [-0.2, -0.15) is 0 Å². The van der Waals surface area contributed by atoms with Gasteiger partial charge >= 0.3 is 0 Å². The van der Waals surface area contributed by atoms with E-state index >= 15 is 0 Å². The highest BCUT2D eigenvalue weighted by atomic mass is 16.4. The number of imide groups is 1. The van der Waals surface area contributed by atoms with Crippen LogP contribution in [0.3, 0.4) is 0 Å². The van der Waals surface area contributed by atoms with Gasteiger partial charge in [0.05, 0.1) is 0 Å². The molecule has 0 bridgehead atoms. The van der Waals surface area contributed by atoms with Crippen molar-refractivity contribution in [2.75, 3.05) is 19.6 Å². The first kappa shape index (κ1) is 19.8. The number of carboxylic acids is 1. The SMILES string of the molecule is CC(=O)O.NCCNC(=O)CCCCCN1C(=O)C=CC1=O. The second-order valence-corrected chi connectivity index (χ2v) is 4.63. The Hall–Kier alpha value is -2.22. The van der Waals surface area contributed by atoms with Gasteiger partial charge in [0.2, 0.25) is 5.91 Å². The molecule has 0 saturated carbocycles. The van der Waals surface area contributed by atoms with E-state index in [1.165, 1.54) is 17.1 Å². The number of hydrogen-bond donors (Lipinski definition) is 3. The molecule has 1 aliphatic heterocycles. The number of aliphatic carboxylic acids is 1. The molecule has 22 heavy (non-hydrogen) atoms. The topological polar surface area (TPSA) is 130 Å². The molecule has 1 rings (SSSR count). The molecule has 0 aromatic rings. The maximum absolute atomic E-state index is 11.2. The highest BCUT2D eigenvalue weighted by Gasteiger charge is 2.22. The highest BCUT2D eigenvalue weighted by Crippen LogP contribution is 2.07. The number of hydrogen-bond acceptors (Lipinski definition) is 5. The number of nitrogens with one attached hydrogen (secondary N) is 1. The van der Waals surface area contributed by atoms with Crippen LogP contribution in [0.25, 0.3) is 0 Å². The molecule has 0 atom stereocenters. The van der Waals surface area contributed by atoms with Crippen LogP contribution < -0.4 is 11.1 Å². The number of carboxylic acid groups (broad SMARTS) is 1. The van der Waals surface area contributed by atoms with Gasteiger partial charge in [0.15, 0.2) is 0 Å². The molecule has 1 heterocycles. The second-order valence-electron chi connectivity index (χ2n) is 4.63. The lowest BCUT2D eigenvalue weighted by molar-refractivity contribution is -0.137. The predicted molar refractivity (Wildman–Crippen MR) is 79.7 cm³/mol. The average molecular weight is 313 g/mol. The van der Waals surface area contributed by atoms with Crippen LogP contribution in [-0.2, 0) is 19.2 Å². The van der Waals surface area contributed by atoms with Crippen LogP contribution in [-0.4, -0.2) is 53.3 Å². The first-order valence-electron chi connectivity index (χ1n) is 7.08. The van der Waals surface area contributed by atoms with E-state index in [9.17, 15) is 14.4 Å². The van der Waals surface area contributed by atoms with Crippen LogP contribution in [0.1, 0.15) is 32.6 Å². The minimum Gasteiger partial charge on any atom is -0.481 e. The second kappa shape index (κ2) is 11.4. The van der Waals surface area contributed by atoms with Gasteiger partial charge in [-0.1, -0.05) is 6.42 Å². The highest BCUT2D eigenvalue weighted by molar-refractivity contribution is 6.12. The number of nitrogens with zero attached hydrogens (tertiary/aromatic N) is 1. The Balaban J connectivity index is 0.000000980. The number of carbonyl (C=O) groups is 4. The summed E-state index contributed by atoms with van der Waals surface area (Å²) < 4.78 is 0. The van der Waals surface area contributed by atoms with Crippen molar-refractivity contribution in [3.8, 4) is 0 Å². The molecule has 124 valence electrons. The normalized spacial score (nSPS) is 12.9. The maximum Gasteiger partial charge on any atom is 0.300 e. The summed E-state index contributed by atoms with van der Waals surface area (Å²) in [5.74, 6) is -1.34. The molecular formula is C14H23N3O5. The molecule has 4 N–H and O–H groups in total. The Bertz CT molecular complexity index is 412. The third kappa shape index (κ3) is 9.65. The average Bonchev–Trinajstić information content (AvgIpc) is 2.75. The smallest absolute Gasteiger partial charge is 0.300 e. The van der Waals surface area contributed by atoms with Gasteiger partial charge in [-0.05, 0) is 12.8 Å². The molecular weight excluding hydrogens is 290 g/mol. The van der Waals surface area contributed by atoms with E-state index < -0.39 is 5.97 Å². The molecule has 0 aliphatic carbocycles. The zero-order valence-corrected chi connectivity index (χ0v) is 12.7. The lowest BCUT2D eigenvalue weighted by atomic mass is 10.2. The number of rotatable bonds is 8. The predicted octanol–water partition coefficient (Wildman–Crippen LogP) is -0.362. The monoisotopic (exact) mass is 313 g/mol. The van der Waals surface area contributed by atoms with Crippen LogP contribution in [0, 0.1) is 0 Å². The summed E-state index contributed by atoms with van der Waals surface area (Å²) in [5.41, 5.74) is 5.26. The Kier molecular flexibility index (Phi) is 10.3. The summed E-state index contributed by atoms with van der Waals surface area (Å²) in [7, 11) is 0. The molecule has 0 unspecified atom stereocenters. The number of unbranched alkanes of at least 4 members (excludes halogenated alkanes) is 2. The minimum absolute atomic E-state index is 0.00422. The summed E-state index contributed by atoms with van der Waals surface area (Å²) in [6, 6.07) is 0. The molecule has 8 heteroatoms. The summed E-state index contributed by atoms with van der Waals surface area (Å²) in [5, 5.41) is 10.1. The van der Waals surface area contributed by atoms with E-state index in [4.69, 9.17) is 15.6 Å². The number of amides is 3. The Morgan fingerprint density at radius 2 is 1.73 bits per heavy atom. The van der Waals surface area contributed by atoms with Crippen molar-refractivity contribution in [1.82, 2.24) is 10.2 Å². The maximum atomic E-state index is 11.2. The van der Waals surface area contributed by atoms with Gasteiger partial charge in [-0.25, -0.2) is 0 Å². The molecule has 8 nitrogen and oxygen atoms in total. The number of nitrogens with two attached hydrogens (primary N) is 1. The zero-order chi connectivity index (χ0) is 17.0. The van der Waals surface area contributed by atoms with Gasteiger partial charge in [-0.15, -0.1) is 0 Å². The van der Waals surface area contributed by atoms with Crippen LogP contribution in [0.5, 0.6) is 0 Å². The minimum atomic E-state index is -0.833. The molecule has 0 spiro atoms. The van der Waals surface area contributed by atoms with Gasteiger partial charge in [0, 0.05) is 45.1 Å². The third-order valence-corrected chi connectivity index (χ3v) is 2.65. The Morgan fingerprint density at radius 3 is 2.23 bits per heavy atom. The Labute approximate surface area is 129 Å². The lowest BCUT2D eigenvalue weighted by Gasteiger charge is -2.12. The standard InChI is InChI=1S/C12H19N3O3.C2H4O2/c13-7-8-14-10(16)4-2-1-3-9-15-11(17)5-6-12(15)18;1-2(3)4/h5-6H,1-4,7-9,13H2,(H,14,16);1H3,(H,3,4). The molecule has 0 radical (unpaired) electrons. The first-order valence-corrected chi connectivity index (χ1v) is 7.08. The molecule has 0 aromatic carbocycles. The van der Waals surface area contributed by atoms with Gasteiger partial charge in [0.25, 0.3) is 17.8 Å². The fraction of sp³-hybridized carbons (Fsp3) is 0.571. The van der Waals surface area contributed by atoms with Crippen molar-refractivity contribution in [3.05, 3.63) is 12.2 Å². The third-order valence-electron chi connectivity index (χ3n) is 2.65. The van der Waals surface area contributed by atoms with Crippen LogP contribution in [0.15, 0.2) is 12.2 Å². The molecule has 1 aliphatic rings. The summed E-state index contributed by atoms with van der Waals surface area (Å²) in [6.45, 7) is 2.45. The van der Waals surface area contributed by atoms with Crippen molar-refractivity contribution < 1.29 is 24.3 Å². The number of carbonyl (C=O) groups excluding carboxylic acids is 3. The zero-order valence-electron chi connectivity index (χ0n) is 12.7. The quantitative estimate of drug-likeness (QED) is 0.414. The van der Waals surface area contributed by atoms with E-state index in [0.717, 1.165) is 26.2 Å². The molecule has 0 fully saturated rings. The van der Waals surface area contributed by atoms with Crippen molar-refractivity contribution in [1.29, 1.82) is 0 Å². The fourth-order valence-corrected chi connectivity index (χ4v) is 1.68. The molecule has 0 aromatic heterocycles. The fourth-order valence-electron chi connectivity index (χ4n) is 1.68. The van der Waals surface area contributed by atoms with E-state index in [0.29, 0.717) is 26.1 Å². The molecule has 0 saturated heterocycles. The van der Waals surface area contributed by atoms with Crippen molar-refractivity contribution in [2.45, 2.75) is 32.6 Å². The van der Waals surface area contributed by atoms with E-state index in [2.05, 4.69) is 5.32 Å². The molecule has 3 amide bonds. The van der Waals surface area contributed by atoms with E-state index in [-0.39, 0.29) is 17.7 Å². The van der Waals surface area contributed by atoms with Gasteiger partial charge < -0.3 is 16.2 Å². The lowest BCUT2D eigenvalue weighted by Crippen LogP contribution is -2.31. The van der Waals surface area contributed by atoms with E-state index in [1.807, 2.05) is 0 Å². The van der Waals surface area contributed by atoms with Gasteiger partial charge in [0.1, 0.15) is 0 Å². The summed E-state index contributed by atoms with van der Waals surface area (Å²) in [6.07, 6.45) is 5.31. The van der Waals surface area contributed by atoms with Crippen LogP contribution >= 0.6 is 0 Å². The largest absolute Gasteiger partial charge is 0.481 e. The van der Waals surface area contributed by atoms with Gasteiger partial charge in [-0.3, -0.25) is 24.1 Å². The van der Waals surface area contributed by atoms with Crippen LogP contribution in [0.2, 0.25) is 0 Å². The first-order chi connectivity index (χ1) is 10.4. The van der Waals surface area contributed by atoms with Crippen LogP contribution in [0.4, 0.5) is 0 Å².